The molecule has 1 unspecified atom stereocenters. The molecule has 1 N–H and O–H groups in total. The van der Waals surface area contributed by atoms with E-state index in [0.717, 1.165) is 18.3 Å². The molecule has 0 bridgehead atoms. The third-order valence-electron chi connectivity index (χ3n) is 4.29. The van der Waals surface area contributed by atoms with Gasteiger partial charge < -0.3 is 10.1 Å². The quantitative estimate of drug-likeness (QED) is 0.857. The molecule has 0 heterocycles. The summed E-state index contributed by atoms with van der Waals surface area (Å²) in [6.07, 6.45) is 7.75. The minimum Gasteiger partial charge on any atom is -0.493 e. The van der Waals surface area contributed by atoms with Gasteiger partial charge in [-0.15, -0.1) is 0 Å². The Morgan fingerprint density at radius 1 is 1.28 bits per heavy atom. The van der Waals surface area contributed by atoms with E-state index < -0.39 is 0 Å². The molecule has 1 saturated carbocycles. The molecule has 18 heavy (non-hydrogen) atoms. The molecule has 1 fully saturated rings. The zero-order chi connectivity index (χ0) is 12.4. The predicted octanol–water partition coefficient (Wildman–Crippen LogP) is 3.46. The fourth-order valence-electron chi connectivity index (χ4n) is 2.99. The van der Waals surface area contributed by atoms with Gasteiger partial charge in [0.05, 0.1) is 6.61 Å². The van der Waals surface area contributed by atoms with E-state index in [1.807, 2.05) is 0 Å². The fourth-order valence-corrected chi connectivity index (χ4v) is 2.99. The number of hydrogen-bond donors (Lipinski definition) is 1. The van der Waals surface area contributed by atoms with Gasteiger partial charge in [0, 0.05) is 6.04 Å². The number of rotatable bonds is 5. The van der Waals surface area contributed by atoms with E-state index >= 15 is 0 Å². The first kappa shape index (κ1) is 12.0. The van der Waals surface area contributed by atoms with E-state index in [4.69, 9.17) is 4.74 Å². The van der Waals surface area contributed by atoms with Crippen LogP contribution in [0.15, 0.2) is 18.2 Å². The van der Waals surface area contributed by atoms with Crippen LogP contribution in [0.3, 0.4) is 0 Å². The Bertz CT molecular complexity index is 412. The molecule has 0 amide bonds. The van der Waals surface area contributed by atoms with Crippen molar-refractivity contribution in [1.82, 2.24) is 5.32 Å². The first-order valence-electron chi connectivity index (χ1n) is 7.30. The van der Waals surface area contributed by atoms with Crippen molar-refractivity contribution in [1.29, 1.82) is 0 Å². The third kappa shape index (κ3) is 2.54. The average molecular weight is 245 g/mol. The molecule has 2 nitrogen and oxygen atoms in total. The maximum absolute atomic E-state index is 6.02. The van der Waals surface area contributed by atoms with E-state index in [9.17, 15) is 0 Å². The van der Waals surface area contributed by atoms with Crippen LogP contribution in [0.2, 0.25) is 0 Å². The second kappa shape index (κ2) is 5.31. The zero-order valence-electron chi connectivity index (χ0n) is 11.2. The molecule has 3 rings (SSSR count). The second-order valence-electron chi connectivity index (χ2n) is 5.64. The van der Waals surface area contributed by atoms with Gasteiger partial charge in [0.1, 0.15) is 5.75 Å². The van der Waals surface area contributed by atoms with Crippen LogP contribution in [-0.4, -0.2) is 13.7 Å². The standard InChI is InChI=1S/C16H23NO/c1-17-15-6-2-5-14-13(15)4-3-7-16(14)18-11-10-12-8-9-12/h3-4,7,12,15,17H,2,5-6,8-11H2,1H3. The molecular weight excluding hydrogens is 222 g/mol. The smallest absolute Gasteiger partial charge is 0.122 e. The summed E-state index contributed by atoms with van der Waals surface area (Å²) in [5, 5.41) is 3.42. The molecule has 2 aliphatic rings. The number of benzene rings is 1. The lowest BCUT2D eigenvalue weighted by Crippen LogP contribution is -2.22. The van der Waals surface area contributed by atoms with E-state index in [0.29, 0.717) is 6.04 Å². The number of ether oxygens (including phenoxy) is 1. The van der Waals surface area contributed by atoms with Gasteiger partial charge in [-0.25, -0.2) is 0 Å². The van der Waals surface area contributed by atoms with Gasteiger partial charge in [-0.2, -0.15) is 0 Å². The summed E-state index contributed by atoms with van der Waals surface area (Å²) in [5.74, 6) is 2.09. The third-order valence-corrected chi connectivity index (χ3v) is 4.29. The summed E-state index contributed by atoms with van der Waals surface area (Å²) >= 11 is 0. The molecule has 0 radical (unpaired) electrons. The monoisotopic (exact) mass is 245 g/mol. The maximum atomic E-state index is 6.02. The van der Waals surface area contributed by atoms with Crippen molar-refractivity contribution in [2.75, 3.05) is 13.7 Å². The van der Waals surface area contributed by atoms with E-state index in [1.54, 1.807) is 0 Å². The van der Waals surface area contributed by atoms with Gasteiger partial charge in [-0.1, -0.05) is 25.0 Å². The maximum Gasteiger partial charge on any atom is 0.122 e. The molecule has 1 aromatic rings. The Labute approximate surface area is 110 Å². The Kier molecular flexibility index (Phi) is 3.55. The molecule has 0 aliphatic heterocycles. The molecular formula is C16H23NO. The van der Waals surface area contributed by atoms with Crippen LogP contribution >= 0.6 is 0 Å². The van der Waals surface area contributed by atoms with Gasteiger partial charge in [0.25, 0.3) is 0 Å². The topological polar surface area (TPSA) is 21.3 Å². The van der Waals surface area contributed by atoms with Crippen LogP contribution in [0.1, 0.15) is 49.3 Å². The van der Waals surface area contributed by atoms with Crippen molar-refractivity contribution < 1.29 is 4.74 Å². The zero-order valence-corrected chi connectivity index (χ0v) is 11.2. The molecule has 98 valence electrons. The highest BCUT2D eigenvalue weighted by atomic mass is 16.5. The van der Waals surface area contributed by atoms with Crippen molar-refractivity contribution in [3.8, 4) is 5.75 Å². The second-order valence-corrected chi connectivity index (χ2v) is 5.64. The van der Waals surface area contributed by atoms with Gasteiger partial charge >= 0.3 is 0 Å². The average Bonchev–Trinajstić information content (AvgIpc) is 3.22. The van der Waals surface area contributed by atoms with E-state index in [1.165, 1.54) is 49.7 Å². The largest absolute Gasteiger partial charge is 0.493 e. The fraction of sp³-hybridized carbons (Fsp3) is 0.625. The predicted molar refractivity (Wildman–Crippen MR) is 74.0 cm³/mol. The van der Waals surface area contributed by atoms with Crippen molar-refractivity contribution in [3.05, 3.63) is 29.3 Å². The minimum atomic E-state index is 0.515. The van der Waals surface area contributed by atoms with Crippen molar-refractivity contribution >= 4 is 0 Å². The van der Waals surface area contributed by atoms with Gasteiger partial charge in [0.15, 0.2) is 0 Å². The molecule has 1 atom stereocenters. The summed E-state index contributed by atoms with van der Waals surface area (Å²) in [4.78, 5) is 0. The van der Waals surface area contributed by atoms with E-state index in [-0.39, 0.29) is 0 Å². The first-order chi connectivity index (χ1) is 8.88. The summed E-state index contributed by atoms with van der Waals surface area (Å²) in [6, 6.07) is 7.05. The summed E-state index contributed by atoms with van der Waals surface area (Å²) in [7, 11) is 2.06. The van der Waals surface area contributed by atoms with Crippen LogP contribution in [0.25, 0.3) is 0 Å². The van der Waals surface area contributed by atoms with Crippen molar-refractivity contribution in [2.24, 2.45) is 5.92 Å². The molecule has 2 aliphatic carbocycles. The number of hydrogen-bond acceptors (Lipinski definition) is 2. The molecule has 0 spiro atoms. The summed E-state index contributed by atoms with van der Waals surface area (Å²) in [6.45, 7) is 0.894. The highest BCUT2D eigenvalue weighted by Crippen LogP contribution is 2.36. The van der Waals surface area contributed by atoms with Gasteiger partial charge in [-0.05, 0) is 55.8 Å². The van der Waals surface area contributed by atoms with E-state index in [2.05, 4.69) is 30.6 Å². The summed E-state index contributed by atoms with van der Waals surface area (Å²) in [5.41, 5.74) is 2.89. The minimum absolute atomic E-state index is 0.515. The molecule has 0 aromatic heterocycles. The first-order valence-corrected chi connectivity index (χ1v) is 7.30. The van der Waals surface area contributed by atoms with Crippen molar-refractivity contribution in [3.63, 3.8) is 0 Å². The Hall–Kier alpha value is -1.02. The molecule has 2 heteroatoms. The Morgan fingerprint density at radius 2 is 2.17 bits per heavy atom. The highest BCUT2D eigenvalue weighted by Gasteiger charge is 2.23. The van der Waals surface area contributed by atoms with Crippen LogP contribution in [0.5, 0.6) is 5.75 Å². The highest BCUT2D eigenvalue weighted by molar-refractivity contribution is 5.43. The normalized spacial score (nSPS) is 22.6. The SMILES string of the molecule is CNC1CCCc2c(OCCC3CC3)cccc21. The van der Waals surface area contributed by atoms with Crippen LogP contribution < -0.4 is 10.1 Å². The van der Waals surface area contributed by atoms with Crippen molar-refractivity contribution in [2.45, 2.75) is 44.6 Å². The van der Waals surface area contributed by atoms with Crippen LogP contribution in [-0.2, 0) is 6.42 Å². The number of nitrogens with one attached hydrogen (secondary N) is 1. The lowest BCUT2D eigenvalue weighted by molar-refractivity contribution is 0.296. The van der Waals surface area contributed by atoms with Crippen LogP contribution in [0.4, 0.5) is 0 Å². The van der Waals surface area contributed by atoms with Gasteiger partial charge in [-0.3, -0.25) is 0 Å². The Morgan fingerprint density at radius 3 is 2.94 bits per heavy atom. The molecule has 0 saturated heterocycles. The lowest BCUT2D eigenvalue weighted by Gasteiger charge is -2.26. The Balaban J connectivity index is 1.72. The number of fused-ring (bicyclic) bond motifs is 1. The molecule has 1 aromatic carbocycles. The lowest BCUT2D eigenvalue weighted by atomic mass is 9.87. The van der Waals surface area contributed by atoms with Crippen LogP contribution in [0, 0.1) is 5.92 Å². The van der Waals surface area contributed by atoms with Gasteiger partial charge in [0.2, 0.25) is 0 Å². The summed E-state index contributed by atoms with van der Waals surface area (Å²) < 4.78 is 6.02.